The molecule has 1 saturated heterocycles. The largest absolute Gasteiger partial charge is 0.298 e. The number of thioether (sulfide) groups is 1. The molecule has 0 bridgehead atoms. The number of hydrogen-bond acceptors (Lipinski definition) is 6. The van der Waals surface area contributed by atoms with Crippen molar-refractivity contribution in [1.82, 2.24) is 10.3 Å². The molecule has 8 heteroatoms. The first kappa shape index (κ1) is 15.4. The summed E-state index contributed by atoms with van der Waals surface area (Å²) < 4.78 is 0. The number of nitrogens with one attached hydrogen (secondary N) is 2. The summed E-state index contributed by atoms with van der Waals surface area (Å²) in [7, 11) is 0. The SMILES string of the molecule is Cc1cnc(NC(=O)c2ccc(/C=C3\SC(=O)NC3=O)cc2)s1. The van der Waals surface area contributed by atoms with Gasteiger partial charge in [-0.1, -0.05) is 12.1 Å². The van der Waals surface area contributed by atoms with Gasteiger partial charge in [0.2, 0.25) is 0 Å². The Labute approximate surface area is 140 Å². The summed E-state index contributed by atoms with van der Waals surface area (Å²) in [4.78, 5) is 40.1. The van der Waals surface area contributed by atoms with Crippen LogP contribution in [0.4, 0.5) is 9.93 Å². The van der Waals surface area contributed by atoms with Gasteiger partial charge in [0.15, 0.2) is 5.13 Å². The van der Waals surface area contributed by atoms with Gasteiger partial charge in [0.1, 0.15) is 0 Å². The van der Waals surface area contributed by atoms with Gasteiger partial charge in [-0.25, -0.2) is 4.98 Å². The van der Waals surface area contributed by atoms with E-state index in [1.807, 2.05) is 6.92 Å². The Hall–Kier alpha value is -2.45. The number of aromatic nitrogens is 1. The smallest absolute Gasteiger partial charge is 0.290 e. The lowest BCUT2D eigenvalue weighted by Crippen LogP contribution is -2.17. The lowest BCUT2D eigenvalue weighted by molar-refractivity contribution is -0.115. The van der Waals surface area contributed by atoms with E-state index >= 15 is 0 Å². The number of carbonyl (C=O) groups excluding carboxylic acids is 3. The van der Waals surface area contributed by atoms with E-state index in [2.05, 4.69) is 15.6 Å². The maximum absolute atomic E-state index is 12.1. The van der Waals surface area contributed by atoms with Gasteiger partial charge in [-0.05, 0) is 42.5 Å². The Bertz CT molecular complexity index is 825. The molecule has 0 unspecified atom stereocenters. The fourth-order valence-electron chi connectivity index (χ4n) is 1.88. The maximum Gasteiger partial charge on any atom is 0.290 e. The van der Waals surface area contributed by atoms with Crippen molar-refractivity contribution in [1.29, 1.82) is 0 Å². The van der Waals surface area contributed by atoms with Crippen molar-refractivity contribution in [2.24, 2.45) is 0 Å². The number of anilines is 1. The van der Waals surface area contributed by atoms with E-state index < -0.39 is 5.91 Å². The number of benzene rings is 1. The molecule has 3 rings (SSSR count). The van der Waals surface area contributed by atoms with E-state index in [1.165, 1.54) is 11.3 Å². The van der Waals surface area contributed by atoms with Crippen LogP contribution in [0.25, 0.3) is 6.08 Å². The number of nitrogens with zero attached hydrogens (tertiary/aromatic N) is 1. The Morgan fingerprint density at radius 1 is 1.26 bits per heavy atom. The molecule has 1 fully saturated rings. The predicted molar refractivity (Wildman–Crippen MR) is 90.4 cm³/mol. The molecular weight excluding hydrogens is 334 g/mol. The van der Waals surface area contributed by atoms with E-state index in [9.17, 15) is 14.4 Å². The highest BCUT2D eigenvalue weighted by molar-refractivity contribution is 8.18. The molecule has 2 heterocycles. The van der Waals surface area contributed by atoms with Crippen LogP contribution in [0.2, 0.25) is 0 Å². The molecule has 3 amide bonds. The van der Waals surface area contributed by atoms with Gasteiger partial charge in [-0.2, -0.15) is 0 Å². The Balaban J connectivity index is 1.72. The van der Waals surface area contributed by atoms with Crippen molar-refractivity contribution in [3.05, 3.63) is 51.4 Å². The molecule has 6 nitrogen and oxygen atoms in total. The van der Waals surface area contributed by atoms with Crippen LogP contribution in [0.1, 0.15) is 20.8 Å². The van der Waals surface area contributed by atoms with Crippen molar-refractivity contribution in [3.63, 3.8) is 0 Å². The van der Waals surface area contributed by atoms with Crippen molar-refractivity contribution < 1.29 is 14.4 Å². The second-order valence-electron chi connectivity index (χ2n) is 4.70. The van der Waals surface area contributed by atoms with Crippen molar-refractivity contribution >= 4 is 51.4 Å². The van der Waals surface area contributed by atoms with Crippen LogP contribution < -0.4 is 10.6 Å². The first-order valence-corrected chi connectivity index (χ1v) is 8.23. The number of imide groups is 1. The second kappa shape index (κ2) is 6.35. The molecule has 2 N–H and O–H groups in total. The molecule has 2 aromatic rings. The fraction of sp³-hybridized carbons (Fsp3) is 0.0667. The minimum Gasteiger partial charge on any atom is -0.298 e. The summed E-state index contributed by atoms with van der Waals surface area (Å²) >= 11 is 2.26. The molecule has 1 aromatic carbocycles. The molecule has 116 valence electrons. The van der Waals surface area contributed by atoms with Crippen LogP contribution in [0, 0.1) is 6.92 Å². The van der Waals surface area contributed by atoms with Crippen molar-refractivity contribution in [2.45, 2.75) is 6.92 Å². The monoisotopic (exact) mass is 345 g/mol. The minimum absolute atomic E-state index is 0.248. The summed E-state index contributed by atoms with van der Waals surface area (Å²) in [6.07, 6.45) is 3.30. The third-order valence-electron chi connectivity index (χ3n) is 2.95. The lowest BCUT2D eigenvalue weighted by atomic mass is 10.1. The number of aryl methyl sites for hydroxylation is 1. The summed E-state index contributed by atoms with van der Waals surface area (Å²) in [6.45, 7) is 1.91. The van der Waals surface area contributed by atoms with Gasteiger partial charge >= 0.3 is 0 Å². The summed E-state index contributed by atoms with van der Waals surface area (Å²) in [6, 6.07) is 6.74. The van der Waals surface area contributed by atoms with Crippen molar-refractivity contribution in [2.75, 3.05) is 5.32 Å². The molecular formula is C15H11N3O3S2. The van der Waals surface area contributed by atoms with Crippen LogP contribution in [-0.2, 0) is 4.79 Å². The third-order valence-corrected chi connectivity index (χ3v) is 4.59. The number of amides is 3. The molecule has 0 saturated carbocycles. The van der Waals surface area contributed by atoms with Crippen LogP contribution >= 0.6 is 23.1 Å². The van der Waals surface area contributed by atoms with Gasteiger partial charge in [-0.15, -0.1) is 11.3 Å². The van der Waals surface area contributed by atoms with Crippen LogP contribution in [0.3, 0.4) is 0 Å². The number of rotatable bonds is 3. The van der Waals surface area contributed by atoms with Gasteiger partial charge in [0.05, 0.1) is 4.91 Å². The second-order valence-corrected chi connectivity index (χ2v) is 6.95. The first-order chi connectivity index (χ1) is 11.0. The van der Waals surface area contributed by atoms with Crippen LogP contribution in [-0.4, -0.2) is 22.0 Å². The van der Waals surface area contributed by atoms with E-state index in [4.69, 9.17) is 0 Å². The molecule has 1 aliphatic rings. The number of carbonyl (C=O) groups is 3. The molecule has 23 heavy (non-hydrogen) atoms. The zero-order chi connectivity index (χ0) is 16.4. The number of thiazole rings is 1. The molecule has 0 radical (unpaired) electrons. The predicted octanol–water partition coefficient (Wildman–Crippen LogP) is 3.03. The zero-order valence-corrected chi connectivity index (χ0v) is 13.6. The molecule has 1 aliphatic heterocycles. The summed E-state index contributed by atoms with van der Waals surface area (Å²) in [5.74, 6) is -0.650. The Morgan fingerprint density at radius 3 is 2.57 bits per heavy atom. The zero-order valence-electron chi connectivity index (χ0n) is 12.0. The highest BCUT2D eigenvalue weighted by Gasteiger charge is 2.24. The third kappa shape index (κ3) is 3.66. The van der Waals surface area contributed by atoms with Gasteiger partial charge in [-0.3, -0.25) is 25.0 Å². The van der Waals surface area contributed by atoms with E-state index in [1.54, 1.807) is 36.5 Å². The summed E-state index contributed by atoms with van der Waals surface area (Å²) in [5, 5.41) is 5.09. The van der Waals surface area contributed by atoms with Gasteiger partial charge in [0.25, 0.3) is 17.1 Å². The first-order valence-electron chi connectivity index (χ1n) is 6.60. The highest BCUT2D eigenvalue weighted by Crippen LogP contribution is 2.25. The Kier molecular flexibility index (Phi) is 4.26. The summed E-state index contributed by atoms with van der Waals surface area (Å²) in [5.41, 5.74) is 1.22. The van der Waals surface area contributed by atoms with Crippen molar-refractivity contribution in [3.8, 4) is 0 Å². The van der Waals surface area contributed by atoms with E-state index in [0.29, 0.717) is 15.6 Å². The van der Waals surface area contributed by atoms with E-state index in [-0.39, 0.29) is 11.1 Å². The average molecular weight is 345 g/mol. The standard InChI is InChI=1S/C15H11N3O3S2/c1-8-7-16-14(22-8)17-12(19)10-4-2-9(3-5-10)6-11-13(20)18-15(21)23-11/h2-7H,1H3,(H,16,17,19)(H,18,20,21)/b11-6-. The molecule has 1 aromatic heterocycles. The normalized spacial score (nSPS) is 15.8. The highest BCUT2D eigenvalue weighted by atomic mass is 32.2. The van der Waals surface area contributed by atoms with E-state index in [0.717, 1.165) is 22.2 Å². The fourth-order valence-corrected chi connectivity index (χ4v) is 3.23. The minimum atomic E-state index is -0.402. The maximum atomic E-state index is 12.1. The van der Waals surface area contributed by atoms with Crippen LogP contribution in [0.15, 0.2) is 35.4 Å². The van der Waals surface area contributed by atoms with Gasteiger partial charge < -0.3 is 0 Å². The van der Waals surface area contributed by atoms with Crippen LogP contribution in [0.5, 0.6) is 0 Å². The topological polar surface area (TPSA) is 88.2 Å². The molecule has 0 spiro atoms. The molecule has 0 aliphatic carbocycles. The average Bonchev–Trinajstić information content (AvgIpc) is 3.05. The Morgan fingerprint density at radius 2 is 2.00 bits per heavy atom. The lowest BCUT2D eigenvalue weighted by Gasteiger charge is -2.02. The van der Waals surface area contributed by atoms with Gasteiger partial charge in [0, 0.05) is 16.6 Å². The number of hydrogen-bond donors (Lipinski definition) is 2. The quantitative estimate of drug-likeness (QED) is 0.835. The molecule has 0 atom stereocenters.